The van der Waals surface area contributed by atoms with E-state index < -0.39 is 29.6 Å². The molecule has 7 nitrogen and oxygen atoms in total. The summed E-state index contributed by atoms with van der Waals surface area (Å²) in [6.07, 6.45) is 10.6. The molecule has 0 aromatic heterocycles. The molecule has 10 heteroatoms. The molecule has 2 aliphatic rings. The molecule has 1 aromatic rings. The van der Waals surface area contributed by atoms with E-state index in [-0.39, 0.29) is 12.6 Å². The SMILES string of the molecule is CC(OC=C1CC1)c1ccccc1Cl.CC/C=C(C)/C(=C\C=C(C)\C(C)=C(/NC)C(C)=N)CNC(=O)C1C(C(=O)O)C1(F)F. The van der Waals surface area contributed by atoms with Crippen LogP contribution in [0.5, 0.6) is 0 Å². The van der Waals surface area contributed by atoms with Crippen molar-refractivity contribution in [3.63, 3.8) is 0 Å². The van der Waals surface area contributed by atoms with Crippen molar-refractivity contribution in [3.05, 3.63) is 92.9 Å². The van der Waals surface area contributed by atoms with Gasteiger partial charge in [0, 0.05) is 24.2 Å². The van der Waals surface area contributed by atoms with E-state index in [9.17, 15) is 18.4 Å². The van der Waals surface area contributed by atoms with Crippen LogP contribution in [0.1, 0.15) is 72.5 Å². The first-order valence-corrected chi connectivity index (χ1v) is 15.0. The summed E-state index contributed by atoms with van der Waals surface area (Å²) in [5.41, 5.74) is 6.96. The van der Waals surface area contributed by atoms with Crippen LogP contribution in [-0.4, -0.2) is 42.2 Å². The molecule has 1 amide bonds. The van der Waals surface area contributed by atoms with Crippen LogP contribution in [0, 0.1) is 17.2 Å². The molecule has 0 heterocycles. The van der Waals surface area contributed by atoms with E-state index in [1.807, 2.05) is 77.3 Å². The summed E-state index contributed by atoms with van der Waals surface area (Å²) < 4.78 is 32.7. The number of allylic oxidation sites excluding steroid dienone is 7. The van der Waals surface area contributed by atoms with Crippen LogP contribution in [0.3, 0.4) is 0 Å². The standard InChI is InChI=1S/C22H31F2N3O3.C12H13ClO/c1-7-8-13(3)16(10-9-12(2)14(4)19(26-6)15(5)25)11-27-20(28)17-18(21(29)30)22(17,23)24;1-9(14-8-10-6-7-10)11-4-2-3-5-12(11)13/h8-10,17-18,25-26H,7,11H2,1-6H3,(H,27,28)(H,29,30);2-5,8-9H,6-7H2,1H3/b12-9+,13-8+,16-10-,19-14-,25-15?;. The fraction of sp³-hybridized carbons (Fsp3) is 0.441. The number of alkyl halides is 2. The monoisotopic (exact) mass is 631 g/mol. The highest BCUT2D eigenvalue weighted by Gasteiger charge is 2.75. The Kier molecular flexibility index (Phi) is 13.6. The quantitative estimate of drug-likeness (QED) is 0.100. The molecule has 2 saturated carbocycles. The van der Waals surface area contributed by atoms with Gasteiger partial charge in [0.2, 0.25) is 5.91 Å². The average molecular weight is 632 g/mol. The van der Waals surface area contributed by atoms with Crippen LogP contribution in [-0.2, 0) is 14.3 Å². The molecule has 3 atom stereocenters. The molecular weight excluding hydrogens is 588 g/mol. The summed E-state index contributed by atoms with van der Waals surface area (Å²) in [5.74, 6) is -9.93. The number of carboxylic acids is 1. The fourth-order valence-electron chi connectivity index (χ4n) is 4.49. The minimum atomic E-state index is -3.51. The molecule has 0 saturated heterocycles. The zero-order valence-corrected chi connectivity index (χ0v) is 27.2. The number of carbonyl (C=O) groups is 2. The lowest BCUT2D eigenvalue weighted by Gasteiger charge is -2.12. The van der Waals surface area contributed by atoms with Crippen molar-refractivity contribution in [1.82, 2.24) is 10.6 Å². The minimum absolute atomic E-state index is 0.00904. The number of ether oxygens (including phenoxy) is 1. The topological polar surface area (TPSA) is 112 Å². The second-order valence-electron chi connectivity index (χ2n) is 11.0. The molecule has 0 bridgehead atoms. The third-order valence-electron chi connectivity index (χ3n) is 7.52. The second-order valence-corrected chi connectivity index (χ2v) is 11.4. The van der Waals surface area contributed by atoms with Gasteiger partial charge in [-0.1, -0.05) is 60.5 Å². The van der Waals surface area contributed by atoms with Crippen LogP contribution in [0.4, 0.5) is 8.78 Å². The lowest BCUT2D eigenvalue weighted by molar-refractivity contribution is -0.141. The molecule has 1 aromatic carbocycles. The van der Waals surface area contributed by atoms with Gasteiger partial charge >= 0.3 is 5.97 Å². The van der Waals surface area contributed by atoms with Crippen molar-refractivity contribution in [2.24, 2.45) is 11.8 Å². The predicted molar refractivity (Wildman–Crippen MR) is 172 cm³/mol. The number of aliphatic carboxylic acids is 1. The Morgan fingerprint density at radius 2 is 1.77 bits per heavy atom. The van der Waals surface area contributed by atoms with Gasteiger partial charge in [-0.2, -0.15) is 0 Å². The van der Waals surface area contributed by atoms with Gasteiger partial charge in [0.15, 0.2) is 0 Å². The van der Waals surface area contributed by atoms with Gasteiger partial charge < -0.3 is 25.9 Å². The molecular formula is C34H44ClF2N3O4. The number of halogens is 3. The number of hydrogen-bond acceptors (Lipinski definition) is 5. The lowest BCUT2D eigenvalue weighted by atomic mass is 10.0. The van der Waals surface area contributed by atoms with E-state index in [2.05, 4.69) is 10.6 Å². The molecule has 240 valence electrons. The van der Waals surface area contributed by atoms with Gasteiger partial charge in [-0.25, -0.2) is 8.78 Å². The van der Waals surface area contributed by atoms with Crippen LogP contribution < -0.4 is 10.6 Å². The van der Waals surface area contributed by atoms with E-state index in [1.165, 1.54) is 18.4 Å². The van der Waals surface area contributed by atoms with Crippen LogP contribution >= 0.6 is 11.6 Å². The van der Waals surface area contributed by atoms with Crippen molar-refractivity contribution in [2.75, 3.05) is 13.6 Å². The van der Waals surface area contributed by atoms with Crippen molar-refractivity contribution in [2.45, 2.75) is 72.8 Å². The number of nitrogens with one attached hydrogen (secondary N) is 3. The number of benzene rings is 1. The van der Waals surface area contributed by atoms with Gasteiger partial charge in [0.1, 0.15) is 17.9 Å². The van der Waals surface area contributed by atoms with Crippen molar-refractivity contribution in [1.29, 1.82) is 5.41 Å². The summed E-state index contributed by atoms with van der Waals surface area (Å²) in [6.45, 7) is 11.3. The third kappa shape index (κ3) is 10.2. The number of carbonyl (C=O) groups excluding carboxylic acids is 1. The maximum absolute atomic E-state index is 13.6. The first kappa shape index (κ1) is 36.5. The first-order valence-electron chi connectivity index (χ1n) is 14.6. The maximum atomic E-state index is 13.6. The maximum Gasteiger partial charge on any atom is 0.313 e. The molecule has 0 aliphatic heterocycles. The zero-order chi connectivity index (χ0) is 33.2. The highest BCUT2D eigenvalue weighted by atomic mass is 35.5. The van der Waals surface area contributed by atoms with Gasteiger partial charge in [-0.3, -0.25) is 9.59 Å². The first-order chi connectivity index (χ1) is 20.7. The zero-order valence-electron chi connectivity index (χ0n) is 26.5. The van der Waals surface area contributed by atoms with E-state index in [4.69, 9.17) is 26.9 Å². The van der Waals surface area contributed by atoms with E-state index in [0.29, 0.717) is 11.4 Å². The lowest BCUT2D eigenvalue weighted by Crippen LogP contribution is -2.29. The van der Waals surface area contributed by atoms with Gasteiger partial charge in [0.25, 0.3) is 5.92 Å². The Bertz CT molecular complexity index is 1390. The highest BCUT2D eigenvalue weighted by Crippen LogP contribution is 2.55. The number of carboxylic acid groups (broad SMARTS) is 1. The molecule has 4 N–H and O–H groups in total. The van der Waals surface area contributed by atoms with Gasteiger partial charge in [-0.15, -0.1) is 0 Å². The summed E-state index contributed by atoms with van der Waals surface area (Å²) in [4.78, 5) is 23.0. The summed E-state index contributed by atoms with van der Waals surface area (Å²) in [7, 11) is 1.74. The largest absolute Gasteiger partial charge is 0.494 e. The minimum Gasteiger partial charge on any atom is -0.494 e. The van der Waals surface area contributed by atoms with Crippen molar-refractivity contribution < 1.29 is 28.2 Å². The molecule has 3 rings (SSSR count). The summed E-state index contributed by atoms with van der Waals surface area (Å²) >= 11 is 6.05. The smallest absolute Gasteiger partial charge is 0.313 e. The summed E-state index contributed by atoms with van der Waals surface area (Å²) in [6, 6.07) is 7.79. The normalized spacial score (nSPS) is 20.3. The van der Waals surface area contributed by atoms with E-state index in [0.717, 1.165) is 39.3 Å². The van der Waals surface area contributed by atoms with Crippen LogP contribution in [0.2, 0.25) is 5.02 Å². The Morgan fingerprint density at radius 3 is 2.27 bits per heavy atom. The molecule has 0 radical (unpaired) electrons. The van der Waals surface area contributed by atoms with Gasteiger partial charge in [-0.05, 0) is 82.2 Å². The predicted octanol–water partition coefficient (Wildman–Crippen LogP) is 7.93. The Hall–Kier alpha value is -3.72. The van der Waals surface area contributed by atoms with Crippen LogP contribution in [0.15, 0.2) is 82.3 Å². The van der Waals surface area contributed by atoms with Crippen LogP contribution in [0.25, 0.3) is 0 Å². The molecule has 44 heavy (non-hydrogen) atoms. The van der Waals surface area contributed by atoms with Crippen molar-refractivity contribution >= 4 is 29.2 Å². The third-order valence-corrected chi connectivity index (χ3v) is 7.86. The number of rotatable bonds is 13. The second kappa shape index (κ2) is 16.4. The van der Waals surface area contributed by atoms with Gasteiger partial charge in [0.05, 0.1) is 17.7 Å². The number of hydrogen-bond donors (Lipinski definition) is 4. The van der Waals surface area contributed by atoms with E-state index >= 15 is 0 Å². The number of amides is 1. The Morgan fingerprint density at radius 1 is 1.14 bits per heavy atom. The summed E-state index contributed by atoms with van der Waals surface area (Å²) in [5, 5.41) is 22.9. The average Bonchev–Trinajstić information content (AvgIpc) is 3.88. The van der Waals surface area contributed by atoms with E-state index in [1.54, 1.807) is 20.0 Å². The molecule has 0 spiro atoms. The molecule has 2 aliphatic carbocycles. The highest BCUT2D eigenvalue weighted by molar-refractivity contribution is 6.31. The molecule has 2 fully saturated rings. The Labute approximate surface area is 264 Å². The molecule has 3 unspecified atom stereocenters. The fourth-order valence-corrected chi connectivity index (χ4v) is 4.78. The Balaban J connectivity index is 0.000000396. The van der Waals surface area contributed by atoms with Crippen molar-refractivity contribution in [3.8, 4) is 0 Å².